The van der Waals surface area contributed by atoms with E-state index in [0.29, 0.717) is 21.9 Å². The molecule has 3 rings (SSSR count). The van der Waals surface area contributed by atoms with Crippen molar-refractivity contribution >= 4 is 46.5 Å². The molecule has 0 atom stereocenters. The molecule has 1 heterocycles. The van der Waals surface area contributed by atoms with Gasteiger partial charge in [-0.15, -0.1) is 0 Å². The van der Waals surface area contributed by atoms with Crippen LogP contribution in [-0.4, -0.2) is 33.2 Å². The van der Waals surface area contributed by atoms with Crippen LogP contribution in [0.2, 0.25) is 5.02 Å². The number of nitrogens with two attached hydrogens (primary N) is 1. The van der Waals surface area contributed by atoms with Crippen molar-refractivity contribution in [3.8, 4) is 0 Å². The lowest BCUT2D eigenvalue weighted by Gasteiger charge is -2.11. The molecule has 9 nitrogen and oxygen atoms in total. The summed E-state index contributed by atoms with van der Waals surface area (Å²) < 4.78 is 1.35. The molecule has 0 saturated carbocycles. The summed E-state index contributed by atoms with van der Waals surface area (Å²) in [5, 5.41) is 17.2. The number of benzene rings is 2. The van der Waals surface area contributed by atoms with Gasteiger partial charge in [0.1, 0.15) is 11.4 Å². The third-order valence-electron chi connectivity index (χ3n) is 4.49. The topological polar surface area (TPSA) is 143 Å². The normalized spacial score (nSPS) is 10.4. The Labute approximate surface area is 182 Å². The molecule has 3 aromatic rings. The monoisotopic (exact) mass is 438 g/mol. The Morgan fingerprint density at radius 3 is 2.26 bits per heavy atom. The van der Waals surface area contributed by atoms with Crippen LogP contribution >= 0.6 is 11.6 Å². The number of hydrogen-bond donors (Lipinski definition) is 4. The van der Waals surface area contributed by atoms with Gasteiger partial charge in [0.2, 0.25) is 0 Å². The van der Waals surface area contributed by atoms with Crippen molar-refractivity contribution in [3.05, 3.63) is 75.9 Å². The summed E-state index contributed by atoms with van der Waals surface area (Å²) in [6.07, 6.45) is 1.30. The predicted molar refractivity (Wildman–Crippen MR) is 118 cm³/mol. The van der Waals surface area contributed by atoms with Crippen molar-refractivity contribution in [1.29, 1.82) is 5.41 Å². The minimum absolute atomic E-state index is 0.0527. The van der Waals surface area contributed by atoms with Crippen LogP contribution in [0, 0.1) is 5.41 Å². The average Bonchev–Trinajstić information content (AvgIpc) is 3.09. The highest BCUT2D eigenvalue weighted by Crippen LogP contribution is 2.23. The van der Waals surface area contributed by atoms with Crippen molar-refractivity contribution in [3.63, 3.8) is 0 Å². The van der Waals surface area contributed by atoms with Gasteiger partial charge in [-0.2, -0.15) is 5.10 Å². The van der Waals surface area contributed by atoms with E-state index in [9.17, 15) is 14.4 Å². The van der Waals surface area contributed by atoms with Gasteiger partial charge in [-0.1, -0.05) is 23.7 Å². The second kappa shape index (κ2) is 8.80. The Morgan fingerprint density at radius 2 is 1.65 bits per heavy atom. The van der Waals surface area contributed by atoms with Crippen LogP contribution in [0.4, 0.5) is 11.5 Å². The van der Waals surface area contributed by atoms with Gasteiger partial charge < -0.3 is 21.8 Å². The third-order valence-corrected chi connectivity index (χ3v) is 4.73. The van der Waals surface area contributed by atoms with Gasteiger partial charge in [-0.05, 0) is 42.8 Å². The van der Waals surface area contributed by atoms with Crippen LogP contribution < -0.4 is 16.4 Å². The zero-order valence-corrected chi connectivity index (χ0v) is 17.4. The van der Waals surface area contributed by atoms with Crippen molar-refractivity contribution in [2.75, 3.05) is 10.6 Å². The standard InChI is InChI=1S/C21H19ClN6O3/c1-11(23)12-3-5-13(6-4-12)20(30)27-19-16(10-25-28(19)2)21(31)26-17-8-7-14(22)9-15(17)18(24)29/h3-10,23H,1-2H3,(H2,24,29)(H,26,31)(H,27,30). The van der Waals surface area contributed by atoms with Gasteiger partial charge in [0.15, 0.2) is 0 Å². The SMILES string of the molecule is CC(=N)c1ccc(C(=O)Nc2c(C(=O)Nc3ccc(Cl)cc3C(N)=O)cnn2C)cc1. The second-order valence-electron chi connectivity index (χ2n) is 6.70. The number of aryl methyl sites for hydroxylation is 1. The number of nitrogens with zero attached hydrogens (tertiary/aromatic N) is 2. The lowest BCUT2D eigenvalue weighted by atomic mass is 10.1. The summed E-state index contributed by atoms with van der Waals surface area (Å²) in [5.41, 5.74) is 7.12. The highest BCUT2D eigenvalue weighted by Gasteiger charge is 2.21. The Hall–Kier alpha value is -3.98. The number of amides is 3. The van der Waals surface area contributed by atoms with Crippen LogP contribution in [0.25, 0.3) is 0 Å². The molecule has 2 aromatic carbocycles. The lowest BCUT2D eigenvalue weighted by molar-refractivity contribution is 0.0998. The van der Waals surface area contributed by atoms with E-state index in [1.54, 1.807) is 38.2 Å². The van der Waals surface area contributed by atoms with E-state index in [-0.39, 0.29) is 22.6 Å². The number of carbonyl (C=O) groups is 3. The first-order valence-corrected chi connectivity index (χ1v) is 9.45. The Morgan fingerprint density at radius 1 is 1.00 bits per heavy atom. The molecule has 0 bridgehead atoms. The molecule has 0 unspecified atom stereocenters. The molecule has 0 fully saturated rings. The van der Waals surface area contributed by atoms with Crippen molar-refractivity contribution in [1.82, 2.24) is 9.78 Å². The molecule has 0 spiro atoms. The number of anilines is 2. The van der Waals surface area contributed by atoms with E-state index in [2.05, 4.69) is 15.7 Å². The van der Waals surface area contributed by atoms with E-state index < -0.39 is 17.7 Å². The van der Waals surface area contributed by atoms with Crippen molar-refractivity contribution < 1.29 is 14.4 Å². The molecule has 0 aliphatic carbocycles. The number of rotatable bonds is 6. The molecule has 158 valence electrons. The van der Waals surface area contributed by atoms with Crippen LogP contribution in [0.15, 0.2) is 48.7 Å². The van der Waals surface area contributed by atoms with E-state index in [4.69, 9.17) is 22.7 Å². The number of aromatic nitrogens is 2. The van der Waals surface area contributed by atoms with E-state index in [1.807, 2.05) is 0 Å². The molecule has 5 N–H and O–H groups in total. The number of primary amides is 1. The summed E-state index contributed by atoms with van der Waals surface area (Å²) in [6.45, 7) is 1.65. The summed E-state index contributed by atoms with van der Waals surface area (Å²) in [7, 11) is 1.57. The summed E-state index contributed by atoms with van der Waals surface area (Å²) in [6, 6.07) is 10.8. The third kappa shape index (κ3) is 4.78. The van der Waals surface area contributed by atoms with E-state index in [1.165, 1.54) is 29.1 Å². The smallest absolute Gasteiger partial charge is 0.261 e. The van der Waals surface area contributed by atoms with Gasteiger partial charge in [0.25, 0.3) is 17.7 Å². The van der Waals surface area contributed by atoms with Gasteiger partial charge in [-0.25, -0.2) is 0 Å². The Bertz CT molecular complexity index is 1200. The maximum absolute atomic E-state index is 12.8. The summed E-state index contributed by atoms with van der Waals surface area (Å²) in [4.78, 5) is 37.1. The zero-order valence-electron chi connectivity index (χ0n) is 16.7. The number of nitrogens with one attached hydrogen (secondary N) is 3. The number of halogens is 1. The van der Waals surface area contributed by atoms with Gasteiger partial charge >= 0.3 is 0 Å². The molecule has 0 aliphatic heterocycles. The maximum atomic E-state index is 12.8. The predicted octanol–water partition coefficient (Wildman–Crippen LogP) is 3.06. The first-order chi connectivity index (χ1) is 14.7. The molecular weight excluding hydrogens is 420 g/mol. The fourth-order valence-corrected chi connectivity index (χ4v) is 2.99. The lowest BCUT2D eigenvalue weighted by Crippen LogP contribution is -2.21. The zero-order chi connectivity index (χ0) is 22.7. The quantitative estimate of drug-likeness (QED) is 0.438. The largest absolute Gasteiger partial charge is 0.366 e. The van der Waals surface area contributed by atoms with Gasteiger partial charge in [0.05, 0.1) is 17.4 Å². The maximum Gasteiger partial charge on any atom is 0.261 e. The fourth-order valence-electron chi connectivity index (χ4n) is 2.82. The van der Waals surface area contributed by atoms with Crippen LogP contribution in [0.1, 0.15) is 43.6 Å². The molecule has 0 saturated heterocycles. The van der Waals surface area contributed by atoms with E-state index in [0.717, 1.165) is 0 Å². The van der Waals surface area contributed by atoms with E-state index >= 15 is 0 Å². The molecule has 3 amide bonds. The molecular formula is C21H19ClN6O3. The number of hydrogen-bond acceptors (Lipinski definition) is 5. The highest BCUT2D eigenvalue weighted by atomic mass is 35.5. The first kappa shape index (κ1) is 21.7. The van der Waals surface area contributed by atoms with Gasteiger partial charge in [-0.3, -0.25) is 19.1 Å². The summed E-state index contributed by atoms with van der Waals surface area (Å²) in [5.74, 6) is -1.62. The Kier molecular flexibility index (Phi) is 6.17. The summed E-state index contributed by atoms with van der Waals surface area (Å²) >= 11 is 5.89. The van der Waals surface area contributed by atoms with Crippen molar-refractivity contribution in [2.24, 2.45) is 12.8 Å². The van der Waals surface area contributed by atoms with Crippen LogP contribution in [0.3, 0.4) is 0 Å². The molecule has 0 aliphatic rings. The van der Waals surface area contributed by atoms with Crippen LogP contribution in [0.5, 0.6) is 0 Å². The van der Waals surface area contributed by atoms with Gasteiger partial charge in [0, 0.05) is 23.3 Å². The molecule has 1 aromatic heterocycles. The fraction of sp³-hybridized carbons (Fsp3) is 0.0952. The minimum Gasteiger partial charge on any atom is -0.366 e. The average molecular weight is 439 g/mol. The van der Waals surface area contributed by atoms with Crippen LogP contribution in [-0.2, 0) is 7.05 Å². The molecule has 0 radical (unpaired) electrons. The highest BCUT2D eigenvalue weighted by molar-refractivity contribution is 6.31. The van der Waals surface area contributed by atoms with Crippen molar-refractivity contribution in [2.45, 2.75) is 6.92 Å². The second-order valence-corrected chi connectivity index (χ2v) is 7.13. The molecule has 31 heavy (non-hydrogen) atoms. The molecule has 10 heteroatoms. The Balaban J connectivity index is 1.84. The minimum atomic E-state index is -0.749. The number of carbonyl (C=O) groups excluding carboxylic acids is 3. The first-order valence-electron chi connectivity index (χ1n) is 9.07.